The van der Waals surface area contributed by atoms with Crippen LogP contribution in [0.5, 0.6) is 0 Å². The van der Waals surface area contributed by atoms with Gasteiger partial charge in [0.25, 0.3) is 0 Å². The molecule has 1 aliphatic rings. The number of imidazole rings is 1. The predicted octanol–water partition coefficient (Wildman–Crippen LogP) is 0.910. The first kappa shape index (κ1) is 12.4. The predicted molar refractivity (Wildman–Crippen MR) is 64.0 cm³/mol. The molecule has 2 heterocycles. The van der Waals surface area contributed by atoms with Crippen LogP contribution in [0.2, 0.25) is 0 Å². The van der Waals surface area contributed by atoms with E-state index in [0.717, 1.165) is 0 Å². The number of alkyl halides is 1. The summed E-state index contributed by atoms with van der Waals surface area (Å²) in [6.45, 7) is 1.28. The average Bonchev–Trinajstić information content (AvgIpc) is 2.97. The first-order valence-electron chi connectivity index (χ1n) is 5.60. The quantitative estimate of drug-likeness (QED) is 0.754. The molecule has 6 heteroatoms. The minimum Gasteiger partial charge on any atom is -0.377 e. The number of hydrogen-bond acceptors (Lipinski definition) is 3. The van der Waals surface area contributed by atoms with Crippen molar-refractivity contribution < 1.29 is 9.53 Å². The van der Waals surface area contributed by atoms with Gasteiger partial charge in [-0.05, 0) is 0 Å². The molecular formula is C11H16ClN3O2. The van der Waals surface area contributed by atoms with Crippen molar-refractivity contribution in [2.45, 2.75) is 18.6 Å². The van der Waals surface area contributed by atoms with E-state index >= 15 is 0 Å². The molecule has 0 radical (unpaired) electrons. The van der Waals surface area contributed by atoms with Crippen LogP contribution in [0.15, 0.2) is 18.7 Å². The zero-order valence-electron chi connectivity index (χ0n) is 9.75. The molecule has 1 fully saturated rings. The second kappa shape index (κ2) is 5.51. The van der Waals surface area contributed by atoms with Crippen LogP contribution in [0.3, 0.4) is 0 Å². The van der Waals surface area contributed by atoms with Gasteiger partial charge in [-0.15, -0.1) is 11.6 Å². The van der Waals surface area contributed by atoms with Crippen molar-refractivity contribution in [2.75, 3.05) is 26.1 Å². The van der Waals surface area contributed by atoms with Crippen molar-refractivity contribution in [3.8, 4) is 0 Å². The van der Waals surface area contributed by atoms with Gasteiger partial charge < -0.3 is 14.2 Å². The van der Waals surface area contributed by atoms with Gasteiger partial charge in [-0.2, -0.15) is 0 Å². The van der Waals surface area contributed by atoms with Crippen LogP contribution in [-0.2, 0) is 9.53 Å². The molecule has 0 aliphatic carbocycles. The van der Waals surface area contributed by atoms with Gasteiger partial charge in [-0.25, -0.2) is 4.98 Å². The highest BCUT2D eigenvalue weighted by atomic mass is 35.5. The van der Waals surface area contributed by atoms with Crippen molar-refractivity contribution in [3.05, 3.63) is 18.7 Å². The van der Waals surface area contributed by atoms with E-state index in [4.69, 9.17) is 16.3 Å². The summed E-state index contributed by atoms with van der Waals surface area (Å²) in [4.78, 5) is 17.6. The molecule has 0 saturated carbocycles. The molecule has 1 aromatic rings. The van der Waals surface area contributed by atoms with Crippen molar-refractivity contribution in [3.63, 3.8) is 0 Å². The largest absolute Gasteiger partial charge is 0.377 e. The summed E-state index contributed by atoms with van der Waals surface area (Å²) >= 11 is 5.59. The summed E-state index contributed by atoms with van der Waals surface area (Å²) in [6.07, 6.45) is 5.78. The number of hydrogen-bond donors (Lipinski definition) is 0. The molecule has 1 amide bonds. The van der Waals surface area contributed by atoms with Crippen LogP contribution in [0.4, 0.5) is 0 Å². The molecule has 0 unspecified atom stereocenters. The van der Waals surface area contributed by atoms with Crippen LogP contribution in [-0.4, -0.2) is 52.5 Å². The molecule has 0 spiro atoms. The molecule has 1 saturated heterocycles. The zero-order valence-corrected chi connectivity index (χ0v) is 10.5. The zero-order chi connectivity index (χ0) is 12.3. The Kier molecular flexibility index (Phi) is 4.02. The number of ether oxygens (including phenoxy) is 1. The number of halogens is 1. The highest BCUT2D eigenvalue weighted by Crippen LogP contribution is 2.24. The monoisotopic (exact) mass is 257 g/mol. The normalized spacial score (nSPS) is 24.2. The topological polar surface area (TPSA) is 47.4 Å². The average molecular weight is 258 g/mol. The number of methoxy groups -OCH3 is 1. The molecule has 1 aromatic heterocycles. The van der Waals surface area contributed by atoms with Crippen LogP contribution in [0.1, 0.15) is 12.5 Å². The van der Waals surface area contributed by atoms with Crippen LogP contribution in [0, 0.1) is 0 Å². The van der Waals surface area contributed by atoms with Crippen molar-refractivity contribution in [1.82, 2.24) is 14.5 Å². The van der Waals surface area contributed by atoms with Gasteiger partial charge in [0, 0.05) is 44.9 Å². The summed E-state index contributed by atoms with van der Waals surface area (Å²) in [7, 11) is 1.67. The van der Waals surface area contributed by atoms with Gasteiger partial charge in [0.15, 0.2) is 0 Å². The lowest BCUT2D eigenvalue weighted by Crippen LogP contribution is -2.29. The van der Waals surface area contributed by atoms with E-state index in [1.54, 1.807) is 24.5 Å². The fraction of sp³-hybridized carbons (Fsp3) is 0.636. The molecule has 0 aromatic carbocycles. The van der Waals surface area contributed by atoms with E-state index < -0.39 is 0 Å². The van der Waals surface area contributed by atoms with Gasteiger partial charge in [0.2, 0.25) is 5.91 Å². The Labute approximate surface area is 105 Å². The van der Waals surface area contributed by atoms with Crippen molar-refractivity contribution in [2.24, 2.45) is 0 Å². The van der Waals surface area contributed by atoms with E-state index in [1.165, 1.54) is 0 Å². The van der Waals surface area contributed by atoms with E-state index in [0.29, 0.717) is 25.4 Å². The highest BCUT2D eigenvalue weighted by Gasteiger charge is 2.35. The Morgan fingerprint density at radius 1 is 1.59 bits per heavy atom. The minimum atomic E-state index is 0.0171. The second-order valence-electron chi connectivity index (χ2n) is 4.09. The van der Waals surface area contributed by atoms with E-state index in [2.05, 4.69) is 4.98 Å². The molecule has 0 N–H and O–H groups in total. The standard InChI is InChI=1S/C11H16ClN3O2/c1-17-10-7-15(11(16)2-3-12)6-9(10)14-5-4-13-8-14/h4-5,8-10H,2-3,6-7H2,1H3/t9-,10+/m1/s1. The smallest absolute Gasteiger partial charge is 0.223 e. The summed E-state index contributed by atoms with van der Waals surface area (Å²) in [6, 6.07) is 0.141. The second-order valence-corrected chi connectivity index (χ2v) is 4.47. The van der Waals surface area contributed by atoms with Gasteiger partial charge in [0.1, 0.15) is 0 Å². The number of rotatable bonds is 4. The van der Waals surface area contributed by atoms with Crippen LogP contribution < -0.4 is 0 Å². The lowest BCUT2D eigenvalue weighted by Gasteiger charge is -2.17. The van der Waals surface area contributed by atoms with Crippen molar-refractivity contribution >= 4 is 17.5 Å². The fourth-order valence-corrected chi connectivity index (χ4v) is 2.34. The molecule has 94 valence electrons. The van der Waals surface area contributed by atoms with E-state index in [-0.39, 0.29) is 18.1 Å². The SMILES string of the molecule is CO[C@H]1CN(C(=O)CCCl)C[C@H]1n1ccnc1. The lowest BCUT2D eigenvalue weighted by atomic mass is 10.2. The third kappa shape index (κ3) is 2.61. The van der Waals surface area contributed by atoms with Crippen LogP contribution >= 0.6 is 11.6 Å². The van der Waals surface area contributed by atoms with E-state index in [1.807, 2.05) is 10.8 Å². The third-order valence-electron chi connectivity index (χ3n) is 3.11. The minimum absolute atomic E-state index is 0.0171. The molecule has 5 nitrogen and oxygen atoms in total. The van der Waals surface area contributed by atoms with Gasteiger partial charge in [-0.1, -0.05) is 0 Å². The Morgan fingerprint density at radius 3 is 3.00 bits per heavy atom. The number of amides is 1. The highest BCUT2D eigenvalue weighted by molar-refractivity contribution is 6.18. The number of likely N-dealkylation sites (tertiary alicyclic amines) is 1. The first-order valence-corrected chi connectivity index (χ1v) is 6.13. The van der Waals surface area contributed by atoms with Gasteiger partial charge >= 0.3 is 0 Å². The molecule has 2 rings (SSSR count). The first-order chi connectivity index (χ1) is 8.26. The number of carbonyl (C=O) groups excluding carboxylic acids is 1. The summed E-state index contributed by atoms with van der Waals surface area (Å²) < 4.78 is 7.42. The molecule has 17 heavy (non-hydrogen) atoms. The van der Waals surface area contributed by atoms with Crippen molar-refractivity contribution in [1.29, 1.82) is 0 Å². The molecule has 0 bridgehead atoms. The molecule has 2 atom stereocenters. The number of nitrogens with zero attached hydrogens (tertiary/aromatic N) is 3. The Balaban J connectivity index is 2.06. The Bertz CT molecular complexity index is 369. The van der Waals surface area contributed by atoms with Crippen LogP contribution in [0.25, 0.3) is 0 Å². The maximum absolute atomic E-state index is 11.8. The Morgan fingerprint density at radius 2 is 2.41 bits per heavy atom. The summed E-state index contributed by atoms with van der Waals surface area (Å²) in [5.41, 5.74) is 0. The summed E-state index contributed by atoms with van der Waals surface area (Å²) in [5.74, 6) is 0.451. The van der Waals surface area contributed by atoms with E-state index in [9.17, 15) is 4.79 Å². The summed E-state index contributed by atoms with van der Waals surface area (Å²) in [5, 5.41) is 0. The Hall–Kier alpha value is -1.07. The van der Waals surface area contributed by atoms with Gasteiger partial charge in [-0.3, -0.25) is 4.79 Å². The third-order valence-corrected chi connectivity index (χ3v) is 3.30. The fourth-order valence-electron chi connectivity index (χ4n) is 2.18. The maximum Gasteiger partial charge on any atom is 0.223 e. The number of carbonyl (C=O) groups is 1. The van der Waals surface area contributed by atoms with Gasteiger partial charge in [0.05, 0.1) is 18.5 Å². The lowest BCUT2D eigenvalue weighted by molar-refractivity contribution is -0.130. The maximum atomic E-state index is 11.8. The molecule has 1 aliphatic heterocycles. The molecular weight excluding hydrogens is 242 g/mol. The number of aromatic nitrogens is 2.